The third-order valence-electron chi connectivity index (χ3n) is 2.84. The van der Waals surface area contributed by atoms with Gasteiger partial charge < -0.3 is 19.3 Å². The fourth-order valence-electron chi connectivity index (χ4n) is 1.63. The van der Waals surface area contributed by atoms with Crippen LogP contribution in [0.1, 0.15) is 0 Å². The van der Waals surface area contributed by atoms with Crippen molar-refractivity contribution < 1.29 is 32.5 Å². The number of benzene rings is 1. The van der Waals surface area contributed by atoms with Gasteiger partial charge in [0.1, 0.15) is 6.61 Å². The summed E-state index contributed by atoms with van der Waals surface area (Å²) in [4.78, 5) is 10.4. The number of aliphatic carboxylic acids is 1. The fraction of sp³-hybridized carbons (Fsp3) is 0.462. The Morgan fingerprint density at radius 2 is 1.86 bits per heavy atom. The summed E-state index contributed by atoms with van der Waals surface area (Å²) in [6, 6.07) is 4.27. The molecule has 0 saturated carbocycles. The molecule has 1 rings (SSSR count). The largest absolute Gasteiger partial charge is 0.493 e. The molecule has 0 aromatic heterocycles. The van der Waals surface area contributed by atoms with E-state index in [0.29, 0.717) is 11.5 Å². The Morgan fingerprint density at radius 3 is 2.41 bits per heavy atom. The Hall–Kier alpha value is -1.84. The van der Waals surface area contributed by atoms with Crippen molar-refractivity contribution >= 4 is 16.0 Å². The molecule has 0 radical (unpaired) electrons. The number of carboxylic acid groups (broad SMARTS) is 1. The third-order valence-corrected chi connectivity index (χ3v) is 4.69. The van der Waals surface area contributed by atoms with Gasteiger partial charge in [0.25, 0.3) is 0 Å². The SMILES string of the molecule is COc1ccc(S(=O)(=O)N(C)CCOCC(=O)O)cc1OC. The highest BCUT2D eigenvalue weighted by Crippen LogP contribution is 2.30. The topological polar surface area (TPSA) is 102 Å². The number of ether oxygens (including phenoxy) is 3. The van der Waals surface area contributed by atoms with Crippen LogP contribution in [0, 0.1) is 0 Å². The smallest absolute Gasteiger partial charge is 0.329 e. The first-order valence-electron chi connectivity index (χ1n) is 6.30. The lowest BCUT2D eigenvalue weighted by Gasteiger charge is -2.18. The number of carboxylic acids is 1. The highest BCUT2D eigenvalue weighted by molar-refractivity contribution is 7.89. The van der Waals surface area contributed by atoms with E-state index >= 15 is 0 Å². The van der Waals surface area contributed by atoms with Crippen molar-refractivity contribution in [2.24, 2.45) is 0 Å². The van der Waals surface area contributed by atoms with Gasteiger partial charge in [-0.3, -0.25) is 0 Å². The van der Waals surface area contributed by atoms with E-state index in [2.05, 4.69) is 0 Å². The van der Waals surface area contributed by atoms with Gasteiger partial charge >= 0.3 is 5.97 Å². The van der Waals surface area contributed by atoms with Crippen LogP contribution in [0.3, 0.4) is 0 Å². The molecule has 124 valence electrons. The van der Waals surface area contributed by atoms with Crippen molar-refractivity contribution in [1.82, 2.24) is 4.31 Å². The molecule has 1 N–H and O–H groups in total. The first kappa shape index (κ1) is 18.2. The molecule has 22 heavy (non-hydrogen) atoms. The first-order valence-corrected chi connectivity index (χ1v) is 7.74. The van der Waals surface area contributed by atoms with E-state index in [0.717, 1.165) is 4.31 Å². The second-order valence-corrected chi connectivity index (χ2v) is 6.33. The minimum absolute atomic E-state index is 0.0185. The van der Waals surface area contributed by atoms with Crippen LogP contribution >= 0.6 is 0 Å². The normalized spacial score (nSPS) is 11.5. The van der Waals surface area contributed by atoms with Crippen LogP contribution < -0.4 is 9.47 Å². The lowest BCUT2D eigenvalue weighted by atomic mass is 10.3. The Bertz CT molecular complexity index is 615. The van der Waals surface area contributed by atoms with Gasteiger partial charge in [-0.2, -0.15) is 4.31 Å². The summed E-state index contributed by atoms with van der Waals surface area (Å²) in [5, 5.41) is 8.44. The molecule has 0 bridgehead atoms. The van der Waals surface area contributed by atoms with Crippen LogP contribution in [-0.4, -0.2) is 64.8 Å². The van der Waals surface area contributed by atoms with Crippen LogP contribution in [0.5, 0.6) is 11.5 Å². The molecule has 0 aliphatic heterocycles. The van der Waals surface area contributed by atoms with Crippen molar-refractivity contribution in [1.29, 1.82) is 0 Å². The van der Waals surface area contributed by atoms with E-state index in [1.54, 1.807) is 0 Å². The highest BCUT2D eigenvalue weighted by atomic mass is 32.2. The molecule has 0 aliphatic rings. The zero-order valence-electron chi connectivity index (χ0n) is 12.6. The van der Waals surface area contributed by atoms with Crippen LogP contribution in [0.4, 0.5) is 0 Å². The Kier molecular flexibility index (Phi) is 6.60. The lowest BCUT2D eigenvalue weighted by molar-refractivity contribution is -0.142. The van der Waals surface area contributed by atoms with Gasteiger partial charge in [0.2, 0.25) is 10.0 Å². The summed E-state index contributed by atoms with van der Waals surface area (Å²) < 4.78 is 40.8. The molecule has 0 unspecified atom stereocenters. The summed E-state index contributed by atoms with van der Waals surface area (Å²) in [5.74, 6) is -0.376. The second-order valence-electron chi connectivity index (χ2n) is 4.29. The number of likely N-dealkylation sites (N-methyl/N-ethyl adjacent to an activating group) is 1. The number of rotatable bonds is 9. The van der Waals surface area contributed by atoms with E-state index in [4.69, 9.17) is 19.3 Å². The van der Waals surface area contributed by atoms with Crippen molar-refractivity contribution in [2.75, 3.05) is 41.0 Å². The maximum absolute atomic E-state index is 12.4. The standard InChI is InChI=1S/C13H19NO7S/c1-14(6-7-21-9-13(15)16)22(17,18)10-4-5-11(19-2)12(8-10)20-3/h4-5,8H,6-7,9H2,1-3H3,(H,15,16). The predicted octanol–water partition coefficient (Wildman–Crippen LogP) is 0.425. The minimum Gasteiger partial charge on any atom is -0.493 e. The predicted molar refractivity (Wildman–Crippen MR) is 77.8 cm³/mol. The third kappa shape index (κ3) is 4.58. The molecule has 0 aliphatic carbocycles. The fourth-order valence-corrected chi connectivity index (χ4v) is 2.80. The van der Waals surface area contributed by atoms with Gasteiger partial charge in [0.05, 0.1) is 25.7 Å². The molecule has 1 aromatic carbocycles. The van der Waals surface area contributed by atoms with E-state index in [1.807, 2.05) is 0 Å². The summed E-state index contributed by atoms with van der Waals surface area (Å²) in [6.45, 7) is -0.455. The molecule has 9 heteroatoms. The van der Waals surface area contributed by atoms with E-state index in [1.165, 1.54) is 39.5 Å². The van der Waals surface area contributed by atoms with Crippen LogP contribution in [0.15, 0.2) is 23.1 Å². The molecule has 0 heterocycles. The van der Waals surface area contributed by atoms with Crippen molar-refractivity contribution in [3.05, 3.63) is 18.2 Å². The number of methoxy groups -OCH3 is 2. The molecule has 8 nitrogen and oxygen atoms in total. The molecule has 0 atom stereocenters. The Balaban J connectivity index is 2.82. The number of hydrogen-bond acceptors (Lipinski definition) is 6. The molecule has 0 spiro atoms. The lowest BCUT2D eigenvalue weighted by Crippen LogP contribution is -2.30. The van der Waals surface area contributed by atoms with Crippen LogP contribution in [0.2, 0.25) is 0 Å². The molecule has 0 saturated heterocycles. The van der Waals surface area contributed by atoms with E-state index in [9.17, 15) is 13.2 Å². The minimum atomic E-state index is -3.73. The quantitative estimate of drug-likeness (QED) is 0.654. The second kappa shape index (κ2) is 7.97. The van der Waals surface area contributed by atoms with Gasteiger partial charge in [0.15, 0.2) is 11.5 Å². The van der Waals surface area contributed by atoms with Crippen LogP contribution in [-0.2, 0) is 19.6 Å². The average molecular weight is 333 g/mol. The summed E-state index contributed by atoms with van der Waals surface area (Å²) in [5.41, 5.74) is 0. The summed E-state index contributed by atoms with van der Waals surface area (Å²) in [6.07, 6.45) is 0. The Morgan fingerprint density at radius 1 is 1.23 bits per heavy atom. The molecular formula is C13H19NO7S. The van der Waals surface area contributed by atoms with Crippen LogP contribution in [0.25, 0.3) is 0 Å². The first-order chi connectivity index (χ1) is 10.3. The molecule has 0 amide bonds. The number of carbonyl (C=O) groups is 1. The average Bonchev–Trinajstić information content (AvgIpc) is 2.50. The maximum Gasteiger partial charge on any atom is 0.329 e. The van der Waals surface area contributed by atoms with Gasteiger partial charge in [0, 0.05) is 19.7 Å². The zero-order chi connectivity index (χ0) is 16.8. The van der Waals surface area contributed by atoms with Gasteiger partial charge in [-0.1, -0.05) is 0 Å². The van der Waals surface area contributed by atoms with E-state index in [-0.39, 0.29) is 18.0 Å². The summed E-state index contributed by atoms with van der Waals surface area (Å²) in [7, 11) is 0.529. The van der Waals surface area contributed by atoms with Crippen molar-refractivity contribution in [2.45, 2.75) is 4.90 Å². The number of hydrogen-bond donors (Lipinski definition) is 1. The van der Waals surface area contributed by atoms with Gasteiger partial charge in [-0.15, -0.1) is 0 Å². The molecular weight excluding hydrogens is 314 g/mol. The molecule has 0 fully saturated rings. The monoisotopic (exact) mass is 333 g/mol. The van der Waals surface area contributed by atoms with E-state index < -0.39 is 22.6 Å². The number of nitrogens with zero attached hydrogens (tertiary/aromatic N) is 1. The highest BCUT2D eigenvalue weighted by Gasteiger charge is 2.22. The summed E-state index contributed by atoms with van der Waals surface area (Å²) >= 11 is 0. The van der Waals surface area contributed by atoms with Gasteiger partial charge in [-0.05, 0) is 12.1 Å². The van der Waals surface area contributed by atoms with Crippen molar-refractivity contribution in [3.8, 4) is 11.5 Å². The van der Waals surface area contributed by atoms with Crippen molar-refractivity contribution in [3.63, 3.8) is 0 Å². The molecule has 1 aromatic rings. The van der Waals surface area contributed by atoms with Gasteiger partial charge in [-0.25, -0.2) is 13.2 Å². The maximum atomic E-state index is 12.4. The Labute approximate surface area is 129 Å². The zero-order valence-corrected chi connectivity index (χ0v) is 13.4. The number of sulfonamides is 1.